The molecular weight excluding hydrogens is 212 g/mol. The van der Waals surface area contributed by atoms with Crippen molar-refractivity contribution in [2.45, 2.75) is 39.3 Å². The lowest BCUT2D eigenvalue weighted by atomic mass is 10.2. The fourth-order valence-corrected chi connectivity index (χ4v) is 1.53. The van der Waals surface area contributed by atoms with Gasteiger partial charge in [-0.05, 0) is 38.0 Å². The molecule has 0 saturated heterocycles. The molecule has 1 atom stereocenters. The van der Waals surface area contributed by atoms with Crippen LogP contribution in [0.2, 0.25) is 0 Å². The van der Waals surface area contributed by atoms with Crippen molar-refractivity contribution in [3.63, 3.8) is 0 Å². The molecule has 0 spiro atoms. The molecule has 1 aromatic rings. The zero-order valence-corrected chi connectivity index (χ0v) is 10.7. The largest absolute Gasteiger partial charge is 0.491 e. The van der Waals surface area contributed by atoms with Crippen molar-refractivity contribution in [3.05, 3.63) is 29.8 Å². The Morgan fingerprint density at radius 1 is 1.29 bits per heavy atom. The fraction of sp³-hybridized carbons (Fsp3) is 0.500. The monoisotopic (exact) mass is 232 g/mol. The van der Waals surface area contributed by atoms with Gasteiger partial charge in [-0.1, -0.05) is 19.1 Å². The highest BCUT2D eigenvalue weighted by Crippen LogP contribution is 2.12. The Kier molecular flexibility index (Phi) is 5.51. The summed E-state index contributed by atoms with van der Waals surface area (Å²) >= 11 is 0. The van der Waals surface area contributed by atoms with Crippen molar-refractivity contribution in [1.82, 2.24) is 5.32 Å². The molecule has 0 aliphatic carbocycles. The van der Waals surface area contributed by atoms with Crippen molar-refractivity contribution in [1.29, 1.82) is 5.26 Å². The molecule has 92 valence electrons. The molecule has 1 rings (SSSR count). The summed E-state index contributed by atoms with van der Waals surface area (Å²) in [5.74, 6) is 0.813. The average molecular weight is 232 g/mol. The Hall–Kier alpha value is -1.53. The third-order valence-corrected chi connectivity index (χ3v) is 2.44. The first-order valence-electron chi connectivity index (χ1n) is 6.03. The third-order valence-electron chi connectivity index (χ3n) is 2.44. The lowest BCUT2D eigenvalue weighted by Crippen LogP contribution is -2.37. The van der Waals surface area contributed by atoms with Crippen molar-refractivity contribution in [2.24, 2.45) is 0 Å². The molecule has 0 fully saturated rings. The lowest BCUT2D eigenvalue weighted by Gasteiger charge is -2.15. The number of nitrogens with zero attached hydrogens (tertiary/aromatic N) is 1. The van der Waals surface area contributed by atoms with Crippen LogP contribution in [0.3, 0.4) is 0 Å². The minimum absolute atomic E-state index is 0.263. The molecule has 1 aromatic carbocycles. The summed E-state index contributed by atoms with van der Waals surface area (Å²) < 4.78 is 5.57. The SMILES string of the molecule is CCc1ccc(OCC(C#N)NC(C)C)cc1. The number of aryl methyl sites for hydroxylation is 1. The number of benzene rings is 1. The minimum Gasteiger partial charge on any atom is -0.491 e. The van der Waals surface area contributed by atoms with Gasteiger partial charge in [-0.2, -0.15) is 5.26 Å². The highest BCUT2D eigenvalue weighted by Gasteiger charge is 2.09. The topological polar surface area (TPSA) is 45.0 Å². The molecule has 0 aliphatic rings. The maximum Gasteiger partial charge on any atom is 0.130 e. The van der Waals surface area contributed by atoms with Crippen molar-refractivity contribution < 1.29 is 4.74 Å². The van der Waals surface area contributed by atoms with Gasteiger partial charge in [0.25, 0.3) is 0 Å². The van der Waals surface area contributed by atoms with Gasteiger partial charge in [0.05, 0.1) is 6.07 Å². The first kappa shape index (κ1) is 13.5. The zero-order chi connectivity index (χ0) is 12.7. The van der Waals surface area contributed by atoms with E-state index in [4.69, 9.17) is 10.00 Å². The summed E-state index contributed by atoms with van der Waals surface area (Å²) in [5, 5.41) is 12.1. The van der Waals surface area contributed by atoms with E-state index in [1.54, 1.807) is 0 Å². The van der Waals surface area contributed by atoms with Crippen molar-refractivity contribution in [3.8, 4) is 11.8 Å². The maximum absolute atomic E-state index is 8.94. The Labute approximate surface area is 103 Å². The van der Waals surface area contributed by atoms with E-state index in [2.05, 4.69) is 18.3 Å². The molecule has 1 unspecified atom stereocenters. The van der Waals surface area contributed by atoms with Crippen LogP contribution in [-0.4, -0.2) is 18.7 Å². The second-order valence-electron chi connectivity index (χ2n) is 4.31. The number of nitrogens with one attached hydrogen (secondary N) is 1. The molecule has 0 heterocycles. The predicted octanol–water partition coefficient (Wildman–Crippen LogP) is 2.52. The number of rotatable bonds is 6. The van der Waals surface area contributed by atoms with Gasteiger partial charge in [-0.3, -0.25) is 5.32 Å². The van der Waals surface area contributed by atoms with Crippen LogP contribution >= 0.6 is 0 Å². The highest BCUT2D eigenvalue weighted by molar-refractivity contribution is 5.27. The smallest absolute Gasteiger partial charge is 0.130 e. The third kappa shape index (κ3) is 4.88. The number of hydrogen-bond donors (Lipinski definition) is 1. The molecule has 0 bridgehead atoms. The first-order chi connectivity index (χ1) is 8.15. The molecule has 0 radical (unpaired) electrons. The average Bonchev–Trinajstić information content (AvgIpc) is 2.34. The van der Waals surface area contributed by atoms with Gasteiger partial charge in [0.2, 0.25) is 0 Å². The van der Waals surface area contributed by atoms with E-state index in [1.165, 1.54) is 5.56 Å². The van der Waals surface area contributed by atoms with E-state index < -0.39 is 0 Å². The second kappa shape index (κ2) is 6.93. The van der Waals surface area contributed by atoms with Crippen molar-refractivity contribution in [2.75, 3.05) is 6.61 Å². The van der Waals surface area contributed by atoms with Gasteiger partial charge in [0.15, 0.2) is 0 Å². The normalized spacial score (nSPS) is 12.2. The summed E-state index contributed by atoms with van der Waals surface area (Å²) in [6.07, 6.45) is 1.02. The standard InChI is InChI=1S/C14H20N2O/c1-4-12-5-7-14(8-6-12)17-10-13(9-15)16-11(2)3/h5-8,11,13,16H,4,10H2,1-3H3. The van der Waals surface area contributed by atoms with Gasteiger partial charge >= 0.3 is 0 Å². The van der Waals surface area contributed by atoms with Crippen LogP contribution in [0.15, 0.2) is 24.3 Å². The molecule has 3 heteroatoms. The molecule has 0 aliphatic heterocycles. The van der Waals surface area contributed by atoms with Crippen LogP contribution in [0.5, 0.6) is 5.75 Å². The van der Waals surface area contributed by atoms with Gasteiger partial charge in [0, 0.05) is 6.04 Å². The number of nitriles is 1. The first-order valence-corrected chi connectivity index (χ1v) is 6.03. The molecule has 1 N–H and O–H groups in total. The van der Waals surface area contributed by atoms with E-state index >= 15 is 0 Å². The summed E-state index contributed by atoms with van der Waals surface area (Å²) in [6.45, 7) is 6.52. The van der Waals surface area contributed by atoms with Crippen LogP contribution < -0.4 is 10.1 Å². The van der Waals surface area contributed by atoms with E-state index in [9.17, 15) is 0 Å². The van der Waals surface area contributed by atoms with E-state index in [1.807, 2.05) is 38.1 Å². The number of hydrogen-bond acceptors (Lipinski definition) is 3. The van der Waals surface area contributed by atoms with E-state index in [0.717, 1.165) is 12.2 Å². The Balaban J connectivity index is 2.45. The Morgan fingerprint density at radius 2 is 1.94 bits per heavy atom. The fourth-order valence-electron chi connectivity index (χ4n) is 1.53. The van der Waals surface area contributed by atoms with Crippen LogP contribution in [0.25, 0.3) is 0 Å². The molecular formula is C14H20N2O. The molecule has 0 aromatic heterocycles. The number of ether oxygens (including phenoxy) is 1. The summed E-state index contributed by atoms with van der Waals surface area (Å²) in [4.78, 5) is 0. The van der Waals surface area contributed by atoms with Crippen molar-refractivity contribution >= 4 is 0 Å². The summed E-state index contributed by atoms with van der Waals surface area (Å²) in [6, 6.07) is 10.2. The molecule has 3 nitrogen and oxygen atoms in total. The lowest BCUT2D eigenvalue weighted by molar-refractivity contribution is 0.282. The quantitative estimate of drug-likeness (QED) is 0.819. The van der Waals surface area contributed by atoms with Gasteiger partial charge in [-0.25, -0.2) is 0 Å². The molecule has 0 saturated carbocycles. The van der Waals surface area contributed by atoms with E-state index in [0.29, 0.717) is 6.61 Å². The Bertz CT molecular complexity index is 365. The van der Waals surface area contributed by atoms with Gasteiger partial charge < -0.3 is 4.74 Å². The molecule has 0 amide bonds. The van der Waals surface area contributed by atoms with Gasteiger partial charge in [0.1, 0.15) is 18.4 Å². The van der Waals surface area contributed by atoms with Crippen LogP contribution in [0.1, 0.15) is 26.3 Å². The Morgan fingerprint density at radius 3 is 2.41 bits per heavy atom. The van der Waals surface area contributed by atoms with E-state index in [-0.39, 0.29) is 12.1 Å². The summed E-state index contributed by atoms with van der Waals surface area (Å²) in [7, 11) is 0. The maximum atomic E-state index is 8.94. The predicted molar refractivity (Wildman–Crippen MR) is 69.0 cm³/mol. The highest BCUT2D eigenvalue weighted by atomic mass is 16.5. The minimum atomic E-state index is -0.263. The zero-order valence-electron chi connectivity index (χ0n) is 10.7. The van der Waals surface area contributed by atoms with Gasteiger partial charge in [-0.15, -0.1) is 0 Å². The van der Waals surface area contributed by atoms with Crippen LogP contribution in [0, 0.1) is 11.3 Å². The van der Waals surface area contributed by atoms with Crippen LogP contribution in [0.4, 0.5) is 0 Å². The second-order valence-corrected chi connectivity index (χ2v) is 4.31. The summed E-state index contributed by atoms with van der Waals surface area (Å²) in [5.41, 5.74) is 1.29. The molecule has 17 heavy (non-hydrogen) atoms. The van der Waals surface area contributed by atoms with Crippen LogP contribution in [-0.2, 0) is 6.42 Å².